The molecule has 0 radical (unpaired) electrons. The predicted octanol–water partition coefficient (Wildman–Crippen LogP) is 6.80. The molecule has 0 spiro atoms. The van der Waals surface area contributed by atoms with Crippen LogP contribution in [0.25, 0.3) is 5.57 Å². The second-order valence-corrected chi connectivity index (χ2v) is 9.70. The minimum absolute atomic E-state index is 0. The molecule has 202 valence electrons. The van der Waals surface area contributed by atoms with Crippen molar-refractivity contribution in [1.82, 2.24) is 10.2 Å². The molecule has 1 aromatic rings. The van der Waals surface area contributed by atoms with E-state index in [1.165, 1.54) is 6.07 Å². The van der Waals surface area contributed by atoms with Gasteiger partial charge in [0.1, 0.15) is 11.6 Å². The molecule has 3 rings (SSSR count). The smallest absolute Gasteiger partial charge is 0.131 e. The third-order valence-electron chi connectivity index (χ3n) is 6.83. The highest BCUT2D eigenvalue weighted by molar-refractivity contribution is 6.12. The Morgan fingerprint density at radius 3 is 2.81 bits per heavy atom. The quantitative estimate of drug-likeness (QED) is 0.300. The Hall–Kier alpha value is -2.31. The molecule has 0 aromatic heterocycles. The average molecular weight is 501 g/mol. The number of allylic oxidation sites excluding steroid dienone is 4. The maximum atomic E-state index is 14.7. The van der Waals surface area contributed by atoms with Crippen LogP contribution in [0.1, 0.15) is 73.7 Å². The number of nitrogens with one attached hydrogen (secondary N) is 1. The number of hydrogen-bond acceptors (Lipinski definition) is 5. The summed E-state index contributed by atoms with van der Waals surface area (Å²) in [5.41, 5.74) is 3.16. The average Bonchev–Trinajstić information content (AvgIpc) is 3.13. The number of benzene rings is 1. The first-order chi connectivity index (χ1) is 17.4. The Kier molecular flexibility index (Phi) is 13.1. The molecule has 1 fully saturated rings. The molecule has 2 aliphatic heterocycles. The van der Waals surface area contributed by atoms with Crippen molar-refractivity contribution in [2.45, 2.75) is 78.8 Å². The minimum atomic E-state index is -0.290. The lowest BCUT2D eigenvalue weighted by molar-refractivity contribution is 0.121. The Balaban J connectivity index is 0.00000223. The zero-order chi connectivity index (χ0) is 26.5. The summed E-state index contributed by atoms with van der Waals surface area (Å²) in [6.45, 7) is 14.2. The Morgan fingerprint density at radius 2 is 2.11 bits per heavy atom. The van der Waals surface area contributed by atoms with E-state index in [1.807, 2.05) is 13.8 Å². The number of hydrogen-bond donors (Lipinski definition) is 1. The van der Waals surface area contributed by atoms with E-state index in [0.29, 0.717) is 29.3 Å². The Labute approximate surface area is 220 Å². The van der Waals surface area contributed by atoms with Crippen LogP contribution in [0, 0.1) is 11.7 Å². The van der Waals surface area contributed by atoms with Crippen LogP contribution < -0.4 is 10.1 Å². The van der Waals surface area contributed by atoms with Crippen LogP contribution in [0.3, 0.4) is 0 Å². The van der Waals surface area contributed by atoms with Crippen molar-refractivity contribution >= 4 is 17.5 Å². The number of unbranched alkanes of at least 4 members (excludes halogenated alkanes) is 1. The van der Waals surface area contributed by atoms with Gasteiger partial charge in [0.25, 0.3) is 0 Å². The van der Waals surface area contributed by atoms with Crippen molar-refractivity contribution in [3.63, 3.8) is 0 Å². The van der Waals surface area contributed by atoms with E-state index in [-0.39, 0.29) is 7.24 Å². The molecule has 2 atom stereocenters. The highest BCUT2D eigenvalue weighted by Crippen LogP contribution is 2.29. The molecule has 2 unspecified atom stereocenters. The molecular weight excluding hydrogens is 451 g/mol. The fourth-order valence-electron chi connectivity index (χ4n) is 4.63. The van der Waals surface area contributed by atoms with Crippen molar-refractivity contribution in [3.05, 3.63) is 47.4 Å². The Bertz CT molecular complexity index is 942. The summed E-state index contributed by atoms with van der Waals surface area (Å²) in [5, 5.41) is 3.68. The van der Waals surface area contributed by atoms with Crippen molar-refractivity contribution in [2.75, 3.05) is 33.8 Å². The van der Waals surface area contributed by atoms with Gasteiger partial charge in [0.05, 0.1) is 12.8 Å². The number of aliphatic imine (C=N–C) groups is 2. The van der Waals surface area contributed by atoms with Gasteiger partial charge >= 0.3 is 0 Å². The fraction of sp³-hybridized carbons (Fsp3) is 0.600. The van der Waals surface area contributed by atoms with E-state index < -0.39 is 0 Å². The second-order valence-electron chi connectivity index (χ2n) is 9.70. The predicted molar refractivity (Wildman–Crippen MR) is 155 cm³/mol. The maximum absolute atomic E-state index is 14.7. The molecule has 1 N–H and O–H groups in total. The first kappa shape index (κ1) is 29.9. The number of ether oxygens (including phenoxy) is 1. The summed E-state index contributed by atoms with van der Waals surface area (Å²) in [4.78, 5) is 11.8. The first-order valence-electron chi connectivity index (χ1n) is 13.6. The molecular formula is C30H49FN4O. The lowest BCUT2D eigenvalue weighted by Crippen LogP contribution is -2.57. The SMILES string of the molecule is CC.CN=C/C(=C1\CCC=CC(CCCCN2CC(C(C)C)NCC2C)=N1)c1cc(OC)ccc1F.[HH]. The number of methoxy groups -OCH3 is 1. The number of piperazine rings is 1. The molecule has 36 heavy (non-hydrogen) atoms. The summed E-state index contributed by atoms with van der Waals surface area (Å²) in [7, 11) is 3.30. The molecule has 0 bridgehead atoms. The highest BCUT2D eigenvalue weighted by atomic mass is 19.1. The molecule has 2 aliphatic rings. The van der Waals surface area contributed by atoms with Gasteiger partial charge < -0.3 is 10.1 Å². The van der Waals surface area contributed by atoms with Crippen molar-refractivity contribution in [3.8, 4) is 5.75 Å². The van der Waals surface area contributed by atoms with Gasteiger partial charge in [-0.15, -0.1) is 0 Å². The van der Waals surface area contributed by atoms with Gasteiger partial charge in [0.15, 0.2) is 0 Å². The van der Waals surface area contributed by atoms with Crippen LogP contribution in [0.4, 0.5) is 4.39 Å². The Morgan fingerprint density at radius 1 is 1.33 bits per heavy atom. The zero-order valence-corrected chi connectivity index (χ0v) is 23.5. The van der Waals surface area contributed by atoms with Crippen LogP contribution in [0.15, 0.2) is 46.0 Å². The van der Waals surface area contributed by atoms with Gasteiger partial charge in [-0.05, 0) is 75.8 Å². The van der Waals surface area contributed by atoms with Crippen molar-refractivity contribution in [2.24, 2.45) is 15.9 Å². The van der Waals surface area contributed by atoms with Crippen LogP contribution in [-0.4, -0.2) is 62.7 Å². The lowest BCUT2D eigenvalue weighted by Gasteiger charge is -2.40. The van der Waals surface area contributed by atoms with Crippen molar-refractivity contribution in [1.29, 1.82) is 0 Å². The summed E-state index contributed by atoms with van der Waals surface area (Å²) in [6, 6.07) is 5.96. The summed E-state index contributed by atoms with van der Waals surface area (Å²) < 4.78 is 20.1. The van der Waals surface area contributed by atoms with Crippen LogP contribution in [-0.2, 0) is 0 Å². The summed E-state index contributed by atoms with van der Waals surface area (Å²) in [5.74, 6) is 0.986. The molecule has 0 aliphatic carbocycles. The fourth-order valence-corrected chi connectivity index (χ4v) is 4.63. The normalized spacial score (nSPS) is 22.2. The lowest BCUT2D eigenvalue weighted by atomic mass is 9.99. The van der Waals surface area contributed by atoms with E-state index in [1.54, 1.807) is 32.5 Å². The van der Waals surface area contributed by atoms with E-state index >= 15 is 0 Å². The molecule has 0 amide bonds. The van der Waals surface area contributed by atoms with Gasteiger partial charge in [-0.1, -0.05) is 33.8 Å². The number of rotatable bonds is 9. The topological polar surface area (TPSA) is 49.2 Å². The first-order valence-corrected chi connectivity index (χ1v) is 13.6. The summed E-state index contributed by atoms with van der Waals surface area (Å²) in [6.07, 6.45) is 10.8. The van der Waals surface area contributed by atoms with Crippen LogP contribution in [0.2, 0.25) is 0 Å². The van der Waals surface area contributed by atoms with Gasteiger partial charge in [0.2, 0.25) is 0 Å². The summed E-state index contributed by atoms with van der Waals surface area (Å²) >= 11 is 0. The zero-order valence-electron chi connectivity index (χ0n) is 23.5. The van der Waals surface area contributed by atoms with Gasteiger partial charge in [-0.3, -0.25) is 14.9 Å². The third-order valence-corrected chi connectivity index (χ3v) is 6.83. The van der Waals surface area contributed by atoms with Crippen LogP contribution >= 0.6 is 0 Å². The van der Waals surface area contributed by atoms with Crippen molar-refractivity contribution < 1.29 is 10.6 Å². The third kappa shape index (κ3) is 8.67. The van der Waals surface area contributed by atoms with Gasteiger partial charge in [-0.25, -0.2) is 4.39 Å². The highest BCUT2D eigenvalue weighted by Gasteiger charge is 2.26. The molecule has 5 nitrogen and oxygen atoms in total. The van der Waals surface area contributed by atoms with Crippen LogP contribution in [0.5, 0.6) is 5.75 Å². The monoisotopic (exact) mass is 500 g/mol. The van der Waals surface area contributed by atoms with E-state index in [9.17, 15) is 4.39 Å². The molecule has 6 heteroatoms. The second kappa shape index (κ2) is 15.7. The number of halogens is 1. The minimum Gasteiger partial charge on any atom is -0.497 e. The molecule has 0 saturated carbocycles. The molecule has 1 saturated heterocycles. The van der Waals surface area contributed by atoms with Gasteiger partial charge in [-0.2, -0.15) is 0 Å². The van der Waals surface area contributed by atoms with E-state index in [0.717, 1.165) is 68.7 Å². The standard InChI is InChI=1S/C28H41FN4O.C2H6.H2/c1-20(2)28-19-33(21(3)17-31-28)15-9-8-11-22-10-6-7-12-27(32-22)25(18-30-4)24-16-23(34-5)13-14-26(24)29;1-2;/h6,10,13-14,16,18,20-21,28,31H,7-9,11-12,15,17,19H2,1-5H3;1-2H3;1H/b27-25-,30-18?;;. The van der Waals surface area contributed by atoms with Gasteiger partial charge in [0, 0.05) is 56.7 Å². The van der Waals surface area contributed by atoms with E-state index in [2.05, 4.69) is 48.1 Å². The number of nitrogens with zero attached hydrogens (tertiary/aromatic N) is 3. The maximum Gasteiger partial charge on any atom is 0.131 e. The largest absolute Gasteiger partial charge is 0.497 e. The molecule has 2 heterocycles. The molecule has 1 aromatic carbocycles. The van der Waals surface area contributed by atoms with E-state index in [4.69, 9.17) is 9.73 Å².